The second-order valence-corrected chi connectivity index (χ2v) is 5.86. The summed E-state index contributed by atoms with van der Waals surface area (Å²) in [5.41, 5.74) is 1.79. The van der Waals surface area contributed by atoms with Crippen LogP contribution in [0, 0.1) is 0 Å². The van der Waals surface area contributed by atoms with E-state index in [9.17, 15) is 4.79 Å². The van der Waals surface area contributed by atoms with Crippen LogP contribution in [0.15, 0.2) is 54.2 Å². The van der Waals surface area contributed by atoms with E-state index in [0.717, 1.165) is 5.69 Å². The number of benzene rings is 2. The van der Waals surface area contributed by atoms with Crippen molar-refractivity contribution in [1.82, 2.24) is 5.32 Å². The summed E-state index contributed by atoms with van der Waals surface area (Å²) < 4.78 is 0. The van der Waals surface area contributed by atoms with Crippen LogP contribution in [0.1, 0.15) is 5.56 Å². The highest BCUT2D eigenvalue weighted by molar-refractivity contribution is 7.80. The molecule has 1 aliphatic rings. The molecule has 1 amide bonds. The highest BCUT2D eigenvalue weighted by atomic mass is 35.5. The van der Waals surface area contributed by atoms with Crippen LogP contribution >= 0.6 is 35.4 Å². The van der Waals surface area contributed by atoms with Gasteiger partial charge in [-0.1, -0.05) is 47.5 Å². The Bertz CT molecular complexity index is 790. The lowest BCUT2D eigenvalue weighted by molar-refractivity contribution is -0.113. The van der Waals surface area contributed by atoms with E-state index in [1.54, 1.807) is 24.3 Å². The molecule has 2 aromatic carbocycles. The van der Waals surface area contributed by atoms with E-state index in [1.165, 1.54) is 4.90 Å². The largest absolute Gasteiger partial charge is 0.327 e. The molecule has 22 heavy (non-hydrogen) atoms. The van der Waals surface area contributed by atoms with Gasteiger partial charge in [-0.05, 0) is 48.1 Å². The smallest absolute Gasteiger partial charge is 0.281 e. The van der Waals surface area contributed by atoms with Crippen LogP contribution in [0.5, 0.6) is 0 Å². The van der Waals surface area contributed by atoms with Crippen molar-refractivity contribution in [2.75, 3.05) is 4.90 Å². The summed E-state index contributed by atoms with van der Waals surface area (Å²) in [5, 5.41) is 4.27. The van der Waals surface area contributed by atoms with Gasteiger partial charge in [0.2, 0.25) is 0 Å². The summed E-state index contributed by atoms with van der Waals surface area (Å²) in [4.78, 5) is 14.0. The van der Waals surface area contributed by atoms with Gasteiger partial charge >= 0.3 is 0 Å². The maximum absolute atomic E-state index is 12.5. The van der Waals surface area contributed by atoms with Gasteiger partial charge in [-0.3, -0.25) is 9.69 Å². The molecule has 0 spiro atoms. The molecule has 110 valence electrons. The van der Waals surface area contributed by atoms with Crippen LogP contribution in [-0.2, 0) is 4.79 Å². The van der Waals surface area contributed by atoms with E-state index in [-0.39, 0.29) is 5.91 Å². The fourth-order valence-electron chi connectivity index (χ4n) is 2.12. The minimum atomic E-state index is -0.220. The van der Waals surface area contributed by atoms with Gasteiger partial charge in [0.25, 0.3) is 5.91 Å². The number of hydrogen-bond acceptors (Lipinski definition) is 2. The second kappa shape index (κ2) is 6.08. The predicted molar refractivity (Wildman–Crippen MR) is 94.1 cm³/mol. The Kier molecular flexibility index (Phi) is 4.16. The van der Waals surface area contributed by atoms with Crippen molar-refractivity contribution in [3.05, 3.63) is 69.8 Å². The first-order valence-corrected chi connectivity index (χ1v) is 7.60. The van der Waals surface area contributed by atoms with Crippen molar-refractivity contribution < 1.29 is 4.79 Å². The number of carbonyl (C=O) groups is 1. The number of anilines is 1. The van der Waals surface area contributed by atoms with E-state index in [2.05, 4.69) is 5.32 Å². The van der Waals surface area contributed by atoms with Crippen LogP contribution < -0.4 is 10.2 Å². The lowest BCUT2D eigenvalue weighted by Gasteiger charge is -2.13. The zero-order chi connectivity index (χ0) is 15.7. The van der Waals surface area contributed by atoms with E-state index in [4.69, 9.17) is 35.4 Å². The summed E-state index contributed by atoms with van der Waals surface area (Å²) in [6.45, 7) is 0. The molecule has 0 saturated carbocycles. The number of thiocarbonyl (C=S) groups is 1. The van der Waals surface area contributed by atoms with E-state index in [0.29, 0.717) is 26.4 Å². The molecule has 6 heteroatoms. The van der Waals surface area contributed by atoms with Crippen molar-refractivity contribution in [3.63, 3.8) is 0 Å². The standard InChI is InChI=1S/C16H10Cl2N2OS/c17-11-7-6-10(13(18)9-11)8-14-15(21)20(16(22)19-14)12-4-2-1-3-5-12/h1-9H,(H,19,22). The SMILES string of the molecule is O=C1C(=Cc2ccc(Cl)cc2Cl)NC(=S)N1c1ccccc1. The molecular formula is C16H10Cl2N2OS. The molecule has 3 rings (SSSR count). The van der Waals surface area contributed by atoms with Crippen LogP contribution in [0.2, 0.25) is 10.0 Å². The molecule has 0 aromatic heterocycles. The molecule has 0 unspecified atom stereocenters. The van der Waals surface area contributed by atoms with Gasteiger partial charge in [-0.2, -0.15) is 0 Å². The topological polar surface area (TPSA) is 32.3 Å². The molecule has 2 aromatic rings. The highest BCUT2D eigenvalue weighted by Crippen LogP contribution is 2.26. The Balaban J connectivity index is 1.96. The molecule has 1 aliphatic heterocycles. The van der Waals surface area contributed by atoms with Crippen LogP contribution in [0.3, 0.4) is 0 Å². The molecule has 1 heterocycles. The first kappa shape index (κ1) is 15.0. The normalized spacial score (nSPS) is 16.3. The Morgan fingerprint density at radius 2 is 1.82 bits per heavy atom. The Hall–Kier alpha value is -1.88. The lowest BCUT2D eigenvalue weighted by atomic mass is 10.2. The Morgan fingerprint density at radius 3 is 2.50 bits per heavy atom. The zero-order valence-corrected chi connectivity index (χ0v) is 13.5. The van der Waals surface area contributed by atoms with E-state index in [1.807, 2.05) is 30.3 Å². The third-order valence-electron chi connectivity index (χ3n) is 3.15. The molecule has 0 radical (unpaired) electrons. The van der Waals surface area contributed by atoms with Gasteiger partial charge < -0.3 is 5.32 Å². The number of halogens is 2. The van der Waals surface area contributed by atoms with Gasteiger partial charge in [-0.25, -0.2) is 0 Å². The van der Waals surface area contributed by atoms with Gasteiger partial charge in [0.1, 0.15) is 5.70 Å². The average molecular weight is 349 g/mol. The molecule has 1 N–H and O–H groups in total. The lowest BCUT2D eigenvalue weighted by Crippen LogP contribution is -2.30. The number of para-hydroxylation sites is 1. The Morgan fingerprint density at radius 1 is 1.09 bits per heavy atom. The van der Waals surface area contributed by atoms with Crippen molar-refractivity contribution in [2.45, 2.75) is 0 Å². The van der Waals surface area contributed by atoms with Crippen LogP contribution in [0.25, 0.3) is 6.08 Å². The first-order valence-electron chi connectivity index (χ1n) is 6.43. The molecule has 0 bridgehead atoms. The molecular weight excluding hydrogens is 339 g/mol. The quantitative estimate of drug-likeness (QED) is 0.650. The molecule has 3 nitrogen and oxygen atoms in total. The number of carbonyl (C=O) groups excluding carboxylic acids is 1. The highest BCUT2D eigenvalue weighted by Gasteiger charge is 2.31. The van der Waals surface area contributed by atoms with Gasteiger partial charge in [0.15, 0.2) is 5.11 Å². The maximum Gasteiger partial charge on any atom is 0.281 e. The average Bonchev–Trinajstić information content (AvgIpc) is 2.77. The first-order chi connectivity index (χ1) is 10.6. The predicted octanol–water partition coefficient (Wildman–Crippen LogP) is 4.26. The van der Waals surface area contributed by atoms with E-state index < -0.39 is 0 Å². The fourth-order valence-corrected chi connectivity index (χ4v) is 2.88. The number of hydrogen-bond donors (Lipinski definition) is 1. The summed E-state index contributed by atoms with van der Waals surface area (Å²) in [6, 6.07) is 14.3. The minimum absolute atomic E-state index is 0.220. The minimum Gasteiger partial charge on any atom is -0.327 e. The van der Waals surface area contributed by atoms with Crippen molar-refractivity contribution in [2.24, 2.45) is 0 Å². The third-order valence-corrected chi connectivity index (χ3v) is 4.00. The number of nitrogens with zero attached hydrogens (tertiary/aromatic N) is 1. The maximum atomic E-state index is 12.5. The molecule has 0 aliphatic carbocycles. The van der Waals surface area contributed by atoms with Crippen molar-refractivity contribution >= 4 is 58.2 Å². The van der Waals surface area contributed by atoms with Crippen LogP contribution in [0.4, 0.5) is 5.69 Å². The number of nitrogens with one attached hydrogen (secondary N) is 1. The second-order valence-electron chi connectivity index (χ2n) is 4.63. The summed E-state index contributed by atoms with van der Waals surface area (Å²) >= 11 is 17.2. The van der Waals surface area contributed by atoms with Crippen molar-refractivity contribution in [1.29, 1.82) is 0 Å². The Labute approximate surface area is 143 Å². The summed E-state index contributed by atoms with van der Waals surface area (Å²) in [7, 11) is 0. The third kappa shape index (κ3) is 2.86. The van der Waals surface area contributed by atoms with Gasteiger partial charge in [-0.15, -0.1) is 0 Å². The molecule has 1 fully saturated rings. The van der Waals surface area contributed by atoms with E-state index >= 15 is 0 Å². The van der Waals surface area contributed by atoms with Crippen molar-refractivity contribution in [3.8, 4) is 0 Å². The zero-order valence-electron chi connectivity index (χ0n) is 11.2. The molecule has 1 saturated heterocycles. The number of rotatable bonds is 2. The fraction of sp³-hybridized carbons (Fsp3) is 0. The molecule has 0 atom stereocenters. The van der Waals surface area contributed by atoms with Crippen LogP contribution in [-0.4, -0.2) is 11.0 Å². The van der Waals surface area contributed by atoms with Gasteiger partial charge in [0.05, 0.1) is 5.69 Å². The summed E-state index contributed by atoms with van der Waals surface area (Å²) in [5.74, 6) is -0.220. The summed E-state index contributed by atoms with van der Waals surface area (Å²) in [6.07, 6.45) is 1.66. The van der Waals surface area contributed by atoms with Gasteiger partial charge in [0, 0.05) is 10.0 Å². The number of amides is 1. The monoisotopic (exact) mass is 348 g/mol.